The standard InChI is InChI=1S/C13H12F3NS/c1-17-7-9-5-12(18-8-9)10-3-2-4-11(6-10)13(14,15)16/h2-6,8,17H,7H2,1H3. The maximum atomic E-state index is 12.6. The monoisotopic (exact) mass is 271 g/mol. The van der Waals surface area contributed by atoms with E-state index in [2.05, 4.69) is 5.32 Å². The molecule has 0 saturated carbocycles. The largest absolute Gasteiger partial charge is 0.416 e. The zero-order valence-corrected chi connectivity index (χ0v) is 10.5. The molecule has 0 saturated heterocycles. The van der Waals surface area contributed by atoms with Crippen LogP contribution in [0.15, 0.2) is 35.7 Å². The van der Waals surface area contributed by atoms with Crippen LogP contribution in [0, 0.1) is 0 Å². The second kappa shape index (κ2) is 5.12. The normalized spacial score (nSPS) is 11.8. The summed E-state index contributed by atoms with van der Waals surface area (Å²) in [5.74, 6) is 0. The van der Waals surface area contributed by atoms with Gasteiger partial charge in [0.2, 0.25) is 0 Å². The van der Waals surface area contributed by atoms with Gasteiger partial charge in [0.05, 0.1) is 5.56 Å². The van der Waals surface area contributed by atoms with Gasteiger partial charge in [-0.15, -0.1) is 11.3 Å². The van der Waals surface area contributed by atoms with E-state index in [1.165, 1.54) is 23.5 Å². The van der Waals surface area contributed by atoms with E-state index in [9.17, 15) is 13.2 Å². The van der Waals surface area contributed by atoms with E-state index in [1.54, 1.807) is 6.07 Å². The zero-order chi connectivity index (χ0) is 13.2. The highest BCUT2D eigenvalue weighted by molar-refractivity contribution is 7.13. The average molecular weight is 271 g/mol. The predicted molar refractivity (Wildman–Crippen MR) is 67.5 cm³/mol. The third-order valence-corrected chi connectivity index (χ3v) is 3.54. The SMILES string of the molecule is CNCc1csc(-c2cccc(C(F)(F)F)c2)c1. The lowest BCUT2D eigenvalue weighted by Crippen LogP contribution is -2.04. The van der Waals surface area contributed by atoms with Crippen molar-refractivity contribution in [1.82, 2.24) is 5.32 Å². The molecule has 0 aliphatic carbocycles. The van der Waals surface area contributed by atoms with Crippen molar-refractivity contribution in [2.24, 2.45) is 0 Å². The molecule has 0 aliphatic rings. The van der Waals surface area contributed by atoms with Crippen LogP contribution >= 0.6 is 11.3 Å². The second-order valence-corrected chi connectivity index (χ2v) is 4.84. The number of hydrogen-bond acceptors (Lipinski definition) is 2. The maximum absolute atomic E-state index is 12.6. The second-order valence-electron chi connectivity index (χ2n) is 3.93. The number of rotatable bonds is 3. The molecule has 1 heterocycles. The van der Waals surface area contributed by atoms with E-state index < -0.39 is 11.7 Å². The Labute approximate surface area is 107 Å². The molecule has 2 aromatic rings. The first-order valence-corrected chi connectivity index (χ1v) is 6.28. The first-order chi connectivity index (χ1) is 8.50. The Morgan fingerprint density at radius 1 is 1.22 bits per heavy atom. The van der Waals surface area contributed by atoms with Crippen molar-refractivity contribution in [1.29, 1.82) is 0 Å². The van der Waals surface area contributed by atoms with E-state index in [0.29, 0.717) is 5.56 Å². The molecule has 0 unspecified atom stereocenters. The number of thiophene rings is 1. The number of hydrogen-bond donors (Lipinski definition) is 1. The molecule has 96 valence electrons. The van der Waals surface area contributed by atoms with Gasteiger partial charge >= 0.3 is 6.18 Å². The van der Waals surface area contributed by atoms with Crippen LogP contribution in [0.4, 0.5) is 13.2 Å². The van der Waals surface area contributed by atoms with Crippen molar-refractivity contribution >= 4 is 11.3 Å². The van der Waals surface area contributed by atoms with Gasteiger partial charge in [-0.1, -0.05) is 12.1 Å². The van der Waals surface area contributed by atoms with Crippen LogP contribution in [0.2, 0.25) is 0 Å². The lowest BCUT2D eigenvalue weighted by Gasteiger charge is -2.07. The quantitative estimate of drug-likeness (QED) is 0.884. The number of benzene rings is 1. The van der Waals surface area contributed by atoms with Crippen molar-refractivity contribution in [3.63, 3.8) is 0 Å². The summed E-state index contributed by atoms with van der Waals surface area (Å²) in [5, 5.41) is 4.96. The molecule has 1 aromatic heterocycles. The van der Waals surface area contributed by atoms with Gasteiger partial charge in [-0.2, -0.15) is 13.2 Å². The smallest absolute Gasteiger partial charge is 0.316 e. The first-order valence-electron chi connectivity index (χ1n) is 5.40. The fourth-order valence-electron chi connectivity index (χ4n) is 1.67. The van der Waals surface area contributed by atoms with Crippen molar-refractivity contribution in [2.75, 3.05) is 7.05 Å². The van der Waals surface area contributed by atoms with Crippen LogP contribution in [0.3, 0.4) is 0 Å². The number of alkyl halides is 3. The van der Waals surface area contributed by atoms with E-state index in [-0.39, 0.29) is 0 Å². The molecule has 1 nitrogen and oxygen atoms in total. The molecule has 1 aromatic carbocycles. The maximum Gasteiger partial charge on any atom is 0.416 e. The Bertz CT molecular complexity index is 531. The lowest BCUT2D eigenvalue weighted by atomic mass is 10.1. The summed E-state index contributed by atoms with van der Waals surface area (Å²) in [6.45, 7) is 0.718. The minimum absolute atomic E-state index is 0.608. The van der Waals surface area contributed by atoms with Gasteiger partial charge in [-0.3, -0.25) is 0 Å². The molecular formula is C13H12F3NS. The van der Waals surface area contributed by atoms with E-state index >= 15 is 0 Å². The summed E-state index contributed by atoms with van der Waals surface area (Å²) >= 11 is 1.45. The van der Waals surface area contributed by atoms with Crippen LogP contribution in [0.25, 0.3) is 10.4 Å². The van der Waals surface area contributed by atoms with Gasteiger partial charge in [0, 0.05) is 11.4 Å². The predicted octanol–water partition coefficient (Wildman–Crippen LogP) is 4.15. The molecule has 0 bridgehead atoms. The van der Waals surface area contributed by atoms with Crippen LogP contribution in [0.5, 0.6) is 0 Å². The van der Waals surface area contributed by atoms with E-state index in [4.69, 9.17) is 0 Å². The molecule has 2 rings (SSSR count). The van der Waals surface area contributed by atoms with Gasteiger partial charge in [0.15, 0.2) is 0 Å². The highest BCUT2D eigenvalue weighted by Crippen LogP contribution is 2.34. The first kappa shape index (κ1) is 13.1. The third-order valence-electron chi connectivity index (χ3n) is 2.51. The van der Waals surface area contributed by atoms with Crippen molar-refractivity contribution in [2.45, 2.75) is 12.7 Å². The third kappa shape index (κ3) is 2.91. The van der Waals surface area contributed by atoms with E-state index in [0.717, 1.165) is 23.1 Å². The highest BCUT2D eigenvalue weighted by Gasteiger charge is 2.30. The minimum atomic E-state index is -4.29. The van der Waals surface area contributed by atoms with Gasteiger partial charge in [-0.25, -0.2) is 0 Å². The summed E-state index contributed by atoms with van der Waals surface area (Å²) in [6.07, 6.45) is -4.29. The van der Waals surface area contributed by atoms with Gasteiger partial charge in [-0.05, 0) is 41.8 Å². The summed E-state index contributed by atoms with van der Waals surface area (Å²) in [4.78, 5) is 0.853. The fourth-order valence-corrected chi connectivity index (χ4v) is 2.58. The van der Waals surface area contributed by atoms with Gasteiger partial charge < -0.3 is 5.32 Å². The van der Waals surface area contributed by atoms with Crippen LogP contribution in [0.1, 0.15) is 11.1 Å². The molecule has 0 spiro atoms. The van der Waals surface area contributed by atoms with Crippen molar-refractivity contribution in [3.05, 3.63) is 46.8 Å². The molecule has 0 amide bonds. The Morgan fingerprint density at radius 2 is 2.00 bits per heavy atom. The lowest BCUT2D eigenvalue weighted by molar-refractivity contribution is -0.137. The number of halogens is 3. The van der Waals surface area contributed by atoms with Crippen LogP contribution in [-0.2, 0) is 12.7 Å². The van der Waals surface area contributed by atoms with Crippen LogP contribution in [-0.4, -0.2) is 7.05 Å². The number of nitrogens with one attached hydrogen (secondary N) is 1. The Morgan fingerprint density at radius 3 is 2.67 bits per heavy atom. The average Bonchev–Trinajstić information content (AvgIpc) is 2.77. The molecule has 0 atom stereocenters. The summed E-state index contributed by atoms with van der Waals surface area (Å²) in [6, 6.07) is 7.33. The molecule has 0 radical (unpaired) electrons. The Kier molecular flexibility index (Phi) is 3.73. The summed E-state index contributed by atoms with van der Waals surface area (Å²) < 4.78 is 37.8. The van der Waals surface area contributed by atoms with Crippen molar-refractivity contribution < 1.29 is 13.2 Å². The summed E-state index contributed by atoms with van der Waals surface area (Å²) in [7, 11) is 1.83. The zero-order valence-electron chi connectivity index (χ0n) is 9.71. The molecule has 18 heavy (non-hydrogen) atoms. The molecular weight excluding hydrogens is 259 g/mol. The topological polar surface area (TPSA) is 12.0 Å². The summed E-state index contributed by atoms with van der Waals surface area (Å²) in [5.41, 5.74) is 1.08. The molecule has 0 fully saturated rings. The molecule has 5 heteroatoms. The van der Waals surface area contributed by atoms with Gasteiger partial charge in [0.25, 0.3) is 0 Å². The van der Waals surface area contributed by atoms with E-state index in [1.807, 2.05) is 18.5 Å². The molecule has 1 N–H and O–H groups in total. The Balaban J connectivity index is 2.32. The van der Waals surface area contributed by atoms with Crippen LogP contribution < -0.4 is 5.32 Å². The Hall–Kier alpha value is -1.33. The highest BCUT2D eigenvalue weighted by atomic mass is 32.1. The molecule has 0 aliphatic heterocycles. The van der Waals surface area contributed by atoms with Gasteiger partial charge in [0.1, 0.15) is 0 Å². The minimum Gasteiger partial charge on any atom is -0.316 e. The fraction of sp³-hybridized carbons (Fsp3) is 0.231. The van der Waals surface area contributed by atoms with Crippen molar-refractivity contribution in [3.8, 4) is 10.4 Å².